The molecule has 0 aromatic heterocycles. The number of fused-ring (bicyclic) bond motifs is 1. The monoisotopic (exact) mass is 306 g/mol. The third-order valence-electron chi connectivity index (χ3n) is 4.29. The van der Waals surface area contributed by atoms with Crippen molar-refractivity contribution in [2.75, 3.05) is 18.9 Å². The third-order valence-corrected chi connectivity index (χ3v) is 4.29. The minimum absolute atomic E-state index is 0.0135. The molecule has 1 aromatic carbocycles. The zero-order valence-corrected chi connectivity index (χ0v) is 12.4. The highest BCUT2D eigenvalue weighted by atomic mass is 19.1. The van der Waals surface area contributed by atoms with Gasteiger partial charge in [0, 0.05) is 25.7 Å². The van der Waals surface area contributed by atoms with Crippen LogP contribution in [0.1, 0.15) is 35.2 Å². The number of likely N-dealkylation sites (N-methyl/N-ethyl adjacent to an activating group) is 1. The highest BCUT2D eigenvalue weighted by Gasteiger charge is 2.32. The molecule has 1 aliphatic carbocycles. The SMILES string of the molecule is CN(CC(O)C1CC1)C(=O)c1cc2c(cc1F)NC(=O)CC2. The number of hydrogen-bond donors (Lipinski definition) is 2. The van der Waals surface area contributed by atoms with E-state index in [-0.39, 0.29) is 23.9 Å². The molecular weight excluding hydrogens is 287 g/mol. The van der Waals surface area contributed by atoms with Crippen molar-refractivity contribution >= 4 is 17.5 Å². The van der Waals surface area contributed by atoms with Crippen LogP contribution in [-0.4, -0.2) is 41.5 Å². The average molecular weight is 306 g/mol. The van der Waals surface area contributed by atoms with Crippen molar-refractivity contribution in [3.05, 3.63) is 29.1 Å². The number of halogens is 1. The van der Waals surface area contributed by atoms with Gasteiger partial charge < -0.3 is 15.3 Å². The second-order valence-corrected chi connectivity index (χ2v) is 6.13. The van der Waals surface area contributed by atoms with Crippen LogP contribution in [0, 0.1) is 11.7 Å². The Morgan fingerprint density at radius 2 is 2.18 bits per heavy atom. The Morgan fingerprint density at radius 3 is 2.86 bits per heavy atom. The van der Waals surface area contributed by atoms with Crippen molar-refractivity contribution < 1.29 is 19.1 Å². The zero-order valence-electron chi connectivity index (χ0n) is 12.4. The minimum Gasteiger partial charge on any atom is -0.391 e. The van der Waals surface area contributed by atoms with Gasteiger partial charge in [0.05, 0.1) is 11.7 Å². The first-order valence-corrected chi connectivity index (χ1v) is 7.51. The molecule has 118 valence electrons. The van der Waals surface area contributed by atoms with Crippen LogP contribution in [0.4, 0.5) is 10.1 Å². The maximum Gasteiger partial charge on any atom is 0.256 e. The van der Waals surface area contributed by atoms with Crippen molar-refractivity contribution in [1.29, 1.82) is 0 Å². The van der Waals surface area contributed by atoms with E-state index >= 15 is 0 Å². The highest BCUT2D eigenvalue weighted by Crippen LogP contribution is 2.33. The number of rotatable bonds is 4. The molecule has 2 amide bonds. The van der Waals surface area contributed by atoms with Crippen LogP contribution >= 0.6 is 0 Å². The van der Waals surface area contributed by atoms with E-state index in [0.717, 1.165) is 18.4 Å². The minimum atomic E-state index is -0.654. The summed E-state index contributed by atoms with van der Waals surface area (Å²) in [5.74, 6) is -0.981. The summed E-state index contributed by atoms with van der Waals surface area (Å²) in [5.41, 5.74) is 1.19. The molecule has 3 rings (SSSR count). The average Bonchev–Trinajstić information content (AvgIpc) is 3.30. The predicted octanol–water partition coefficient (Wildman–Crippen LogP) is 1.55. The van der Waals surface area contributed by atoms with Crippen molar-refractivity contribution in [1.82, 2.24) is 4.90 Å². The lowest BCUT2D eigenvalue weighted by Gasteiger charge is -2.23. The van der Waals surface area contributed by atoms with E-state index in [2.05, 4.69) is 5.32 Å². The number of nitrogens with one attached hydrogen (secondary N) is 1. The van der Waals surface area contributed by atoms with Crippen LogP contribution in [0.5, 0.6) is 0 Å². The fraction of sp³-hybridized carbons (Fsp3) is 0.500. The molecule has 0 bridgehead atoms. The normalized spacial score (nSPS) is 18.4. The summed E-state index contributed by atoms with van der Waals surface area (Å²) < 4.78 is 14.2. The largest absolute Gasteiger partial charge is 0.391 e. The van der Waals surface area contributed by atoms with Gasteiger partial charge in [-0.3, -0.25) is 9.59 Å². The molecule has 1 aliphatic heterocycles. The van der Waals surface area contributed by atoms with Crippen LogP contribution in [0.25, 0.3) is 0 Å². The molecule has 0 spiro atoms. The number of hydrogen-bond acceptors (Lipinski definition) is 3. The van der Waals surface area contributed by atoms with E-state index in [1.165, 1.54) is 17.0 Å². The van der Waals surface area contributed by atoms with Crippen molar-refractivity contribution in [2.24, 2.45) is 5.92 Å². The van der Waals surface area contributed by atoms with Gasteiger partial charge in [0.2, 0.25) is 5.91 Å². The maximum absolute atomic E-state index is 14.2. The molecule has 1 unspecified atom stereocenters. The van der Waals surface area contributed by atoms with Crippen LogP contribution in [0.3, 0.4) is 0 Å². The second kappa shape index (κ2) is 5.68. The lowest BCUT2D eigenvalue weighted by atomic mass is 9.99. The summed E-state index contributed by atoms with van der Waals surface area (Å²) in [6.07, 6.45) is 2.25. The highest BCUT2D eigenvalue weighted by molar-refractivity contribution is 5.98. The molecule has 1 saturated carbocycles. The molecular formula is C16H19FN2O3. The number of nitrogens with zero attached hydrogens (tertiary/aromatic N) is 1. The molecule has 1 atom stereocenters. The smallest absolute Gasteiger partial charge is 0.256 e. The summed E-state index contributed by atoms with van der Waals surface area (Å²) in [4.78, 5) is 25.1. The Balaban J connectivity index is 1.78. The number of amides is 2. The van der Waals surface area contributed by atoms with Gasteiger partial charge >= 0.3 is 0 Å². The summed E-state index contributed by atoms with van der Waals surface area (Å²) in [7, 11) is 1.56. The molecule has 0 radical (unpaired) electrons. The van der Waals surface area contributed by atoms with E-state index in [9.17, 15) is 19.1 Å². The lowest BCUT2D eigenvalue weighted by Crippen LogP contribution is -2.35. The van der Waals surface area contributed by atoms with Gasteiger partial charge in [-0.2, -0.15) is 0 Å². The van der Waals surface area contributed by atoms with Crippen LogP contribution in [0.15, 0.2) is 12.1 Å². The van der Waals surface area contributed by atoms with Gasteiger partial charge in [-0.1, -0.05) is 0 Å². The standard InChI is InChI=1S/C16H19FN2O3/c1-19(8-14(20)9-2-3-9)16(22)11-6-10-4-5-15(21)18-13(10)7-12(11)17/h6-7,9,14,20H,2-5,8H2,1H3,(H,18,21). The number of anilines is 1. The molecule has 1 heterocycles. The predicted molar refractivity (Wildman–Crippen MR) is 79.0 cm³/mol. The Kier molecular flexibility index (Phi) is 3.87. The molecule has 22 heavy (non-hydrogen) atoms. The van der Waals surface area contributed by atoms with Gasteiger partial charge in [0.1, 0.15) is 5.82 Å². The molecule has 1 aromatic rings. The van der Waals surface area contributed by atoms with E-state index in [1.807, 2.05) is 0 Å². The lowest BCUT2D eigenvalue weighted by molar-refractivity contribution is -0.116. The Bertz CT molecular complexity index is 628. The number of aryl methyl sites for hydroxylation is 1. The van der Waals surface area contributed by atoms with Gasteiger partial charge in [-0.15, -0.1) is 0 Å². The number of carbonyl (C=O) groups is 2. The molecule has 5 nitrogen and oxygen atoms in total. The van der Waals surface area contributed by atoms with Gasteiger partial charge in [0.25, 0.3) is 5.91 Å². The fourth-order valence-electron chi connectivity index (χ4n) is 2.77. The number of aliphatic hydroxyl groups excluding tert-OH is 1. The van der Waals surface area contributed by atoms with E-state index in [0.29, 0.717) is 18.5 Å². The molecule has 0 saturated heterocycles. The summed E-state index contributed by atoms with van der Waals surface area (Å²) in [6, 6.07) is 2.71. The maximum atomic E-state index is 14.2. The van der Waals surface area contributed by atoms with Crippen molar-refractivity contribution in [3.8, 4) is 0 Å². The van der Waals surface area contributed by atoms with Crippen LogP contribution < -0.4 is 5.32 Å². The zero-order chi connectivity index (χ0) is 15.9. The molecule has 6 heteroatoms. The van der Waals surface area contributed by atoms with Crippen molar-refractivity contribution in [3.63, 3.8) is 0 Å². The van der Waals surface area contributed by atoms with Crippen LogP contribution in [-0.2, 0) is 11.2 Å². The Hall–Kier alpha value is -1.95. The first kappa shape index (κ1) is 15.0. The topological polar surface area (TPSA) is 69.6 Å². The van der Waals surface area contributed by atoms with Crippen molar-refractivity contribution in [2.45, 2.75) is 31.8 Å². The first-order valence-electron chi connectivity index (χ1n) is 7.51. The molecule has 2 aliphatic rings. The van der Waals surface area contributed by atoms with Gasteiger partial charge in [0.15, 0.2) is 0 Å². The summed E-state index contributed by atoms with van der Waals surface area (Å²) in [5, 5.41) is 12.5. The van der Waals surface area contributed by atoms with Gasteiger partial charge in [-0.05, 0) is 42.9 Å². The van der Waals surface area contributed by atoms with E-state index < -0.39 is 17.8 Å². The Labute approximate surface area is 128 Å². The summed E-state index contributed by atoms with van der Waals surface area (Å²) >= 11 is 0. The molecule has 2 N–H and O–H groups in total. The van der Waals surface area contributed by atoms with Gasteiger partial charge in [-0.25, -0.2) is 4.39 Å². The number of aliphatic hydroxyl groups is 1. The first-order chi connectivity index (χ1) is 10.5. The summed E-state index contributed by atoms with van der Waals surface area (Å²) in [6.45, 7) is 0.205. The second-order valence-electron chi connectivity index (χ2n) is 6.13. The number of carbonyl (C=O) groups excluding carboxylic acids is 2. The Morgan fingerprint density at radius 1 is 1.45 bits per heavy atom. The fourth-order valence-corrected chi connectivity index (χ4v) is 2.77. The van der Waals surface area contributed by atoms with E-state index in [1.54, 1.807) is 7.05 Å². The van der Waals surface area contributed by atoms with Crippen LogP contribution in [0.2, 0.25) is 0 Å². The quantitative estimate of drug-likeness (QED) is 0.887. The number of benzene rings is 1. The van der Waals surface area contributed by atoms with E-state index in [4.69, 9.17) is 0 Å². The molecule has 1 fully saturated rings. The third kappa shape index (κ3) is 2.97.